The summed E-state index contributed by atoms with van der Waals surface area (Å²) in [6.45, 7) is 7.30. The molecule has 5 heteroatoms. The molecule has 3 rings (SSSR count). The summed E-state index contributed by atoms with van der Waals surface area (Å²) in [5.74, 6) is 1.13. The van der Waals surface area contributed by atoms with Crippen LogP contribution in [0.3, 0.4) is 0 Å². The molecule has 0 N–H and O–H groups in total. The van der Waals surface area contributed by atoms with E-state index < -0.39 is 0 Å². The molecule has 156 valence electrons. The lowest BCUT2D eigenvalue weighted by atomic mass is 10.1. The topological polar surface area (TPSA) is 32.8 Å². The summed E-state index contributed by atoms with van der Waals surface area (Å²) in [6, 6.07) is 14.2. The molecule has 0 aliphatic carbocycles. The highest BCUT2D eigenvalue weighted by Gasteiger charge is 2.24. The number of hydrogen-bond acceptors (Lipinski definition) is 3. The average molecular weight is 399 g/mol. The first kappa shape index (κ1) is 21.3. The average Bonchev–Trinajstić information content (AvgIpc) is 3.09. The molecule has 1 unspecified atom stereocenters. The first-order valence-electron chi connectivity index (χ1n) is 10.4. The van der Waals surface area contributed by atoms with Crippen molar-refractivity contribution in [2.24, 2.45) is 5.92 Å². The SMILES string of the molecule is CC(C)Oc1ccc(CC(=O)N(Cc2ccc(F)cc2)CC2CCN(C)C2)cc1. The van der Waals surface area contributed by atoms with Gasteiger partial charge in [0.1, 0.15) is 11.6 Å². The summed E-state index contributed by atoms with van der Waals surface area (Å²) in [4.78, 5) is 17.4. The van der Waals surface area contributed by atoms with Crippen LogP contribution < -0.4 is 4.74 Å². The van der Waals surface area contributed by atoms with E-state index in [4.69, 9.17) is 4.74 Å². The quantitative estimate of drug-likeness (QED) is 0.670. The van der Waals surface area contributed by atoms with Gasteiger partial charge in [-0.1, -0.05) is 24.3 Å². The fraction of sp³-hybridized carbons (Fsp3) is 0.458. The summed E-state index contributed by atoms with van der Waals surface area (Å²) < 4.78 is 18.9. The van der Waals surface area contributed by atoms with Crippen molar-refractivity contribution in [1.29, 1.82) is 0 Å². The Hall–Kier alpha value is -2.40. The molecule has 4 nitrogen and oxygen atoms in total. The number of nitrogens with zero attached hydrogens (tertiary/aromatic N) is 2. The molecule has 1 aliphatic rings. The highest BCUT2D eigenvalue weighted by atomic mass is 19.1. The van der Waals surface area contributed by atoms with Gasteiger partial charge in [0.05, 0.1) is 12.5 Å². The number of benzene rings is 2. The van der Waals surface area contributed by atoms with E-state index in [0.717, 1.165) is 42.9 Å². The number of rotatable bonds is 8. The standard InChI is InChI=1S/C24H31FN2O2/c1-18(2)29-23-10-6-19(7-11-23)14-24(28)27(17-21-12-13-26(3)15-21)16-20-4-8-22(25)9-5-20/h4-11,18,21H,12-17H2,1-3H3. The van der Waals surface area contributed by atoms with Crippen molar-refractivity contribution in [3.63, 3.8) is 0 Å². The molecule has 1 aliphatic heterocycles. The third kappa shape index (κ3) is 6.57. The number of likely N-dealkylation sites (tertiary alicyclic amines) is 1. The molecule has 1 heterocycles. The second-order valence-electron chi connectivity index (χ2n) is 8.31. The van der Waals surface area contributed by atoms with E-state index in [1.807, 2.05) is 43.0 Å². The third-order valence-corrected chi connectivity index (χ3v) is 5.26. The summed E-state index contributed by atoms with van der Waals surface area (Å²) >= 11 is 0. The van der Waals surface area contributed by atoms with Crippen LogP contribution >= 0.6 is 0 Å². The van der Waals surface area contributed by atoms with Gasteiger partial charge in [0.15, 0.2) is 0 Å². The largest absolute Gasteiger partial charge is 0.491 e. The second kappa shape index (κ2) is 9.88. The molecule has 29 heavy (non-hydrogen) atoms. The molecular formula is C24H31FN2O2. The second-order valence-corrected chi connectivity index (χ2v) is 8.31. The van der Waals surface area contributed by atoms with E-state index in [1.54, 1.807) is 12.1 Å². The van der Waals surface area contributed by atoms with Gasteiger partial charge in [0.2, 0.25) is 5.91 Å². The van der Waals surface area contributed by atoms with E-state index in [0.29, 0.717) is 18.9 Å². The van der Waals surface area contributed by atoms with Crippen molar-refractivity contribution >= 4 is 5.91 Å². The minimum atomic E-state index is -0.257. The Morgan fingerprint density at radius 1 is 1.14 bits per heavy atom. The Morgan fingerprint density at radius 2 is 1.79 bits per heavy atom. The third-order valence-electron chi connectivity index (χ3n) is 5.26. The van der Waals surface area contributed by atoms with Crippen LogP contribution in [0.15, 0.2) is 48.5 Å². The molecule has 1 saturated heterocycles. The van der Waals surface area contributed by atoms with Gasteiger partial charge in [-0.05, 0) is 75.2 Å². The van der Waals surface area contributed by atoms with Crippen LogP contribution in [0.2, 0.25) is 0 Å². The molecule has 1 fully saturated rings. The van der Waals surface area contributed by atoms with Crippen molar-refractivity contribution in [2.45, 2.75) is 39.3 Å². The predicted octanol–water partition coefficient (Wildman–Crippen LogP) is 4.14. The monoisotopic (exact) mass is 398 g/mol. The Bertz CT molecular complexity index is 790. The molecular weight excluding hydrogens is 367 g/mol. The minimum absolute atomic E-state index is 0.0985. The van der Waals surface area contributed by atoms with E-state index in [2.05, 4.69) is 11.9 Å². The fourth-order valence-electron chi connectivity index (χ4n) is 3.80. The summed E-state index contributed by atoms with van der Waals surface area (Å²) in [6.07, 6.45) is 1.58. The zero-order valence-corrected chi connectivity index (χ0v) is 17.6. The fourth-order valence-corrected chi connectivity index (χ4v) is 3.80. The summed E-state index contributed by atoms with van der Waals surface area (Å²) in [7, 11) is 2.12. The maximum Gasteiger partial charge on any atom is 0.227 e. The Balaban J connectivity index is 1.68. The van der Waals surface area contributed by atoms with Gasteiger partial charge in [-0.25, -0.2) is 4.39 Å². The zero-order chi connectivity index (χ0) is 20.8. The number of halogens is 1. The Morgan fingerprint density at radius 3 is 2.38 bits per heavy atom. The highest BCUT2D eigenvalue weighted by Crippen LogP contribution is 2.19. The summed E-state index contributed by atoms with van der Waals surface area (Å²) in [5, 5.41) is 0. The van der Waals surface area contributed by atoms with Crippen LogP contribution in [-0.4, -0.2) is 48.5 Å². The molecule has 1 atom stereocenters. The van der Waals surface area contributed by atoms with Crippen LogP contribution in [0, 0.1) is 11.7 Å². The number of hydrogen-bond donors (Lipinski definition) is 0. The highest BCUT2D eigenvalue weighted by molar-refractivity contribution is 5.78. The number of ether oxygens (including phenoxy) is 1. The molecule has 2 aromatic rings. The molecule has 0 aromatic heterocycles. The van der Waals surface area contributed by atoms with Gasteiger partial charge in [-0.15, -0.1) is 0 Å². The Kier molecular flexibility index (Phi) is 7.26. The number of carbonyl (C=O) groups is 1. The van der Waals surface area contributed by atoms with Crippen LogP contribution in [0.25, 0.3) is 0 Å². The van der Waals surface area contributed by atoms with E-state index in [1.165, 1.54) is 12.1 Å². The maximum absolute atomic E-state index is 13.3. The molecule has 1 amide bonds. The van der Waals surface area contributed by atoms with Crippen LogP contribution in [0.1, 0.15) is 31.4 Å². The van der Waals surface area contributed by atoms with Crippen molar-refractivity contribution in [1.82, 2.24) is 9.80 Å². The minimum Gasteiger partial charge on any atom is -0.491 e. The van der Waals surface area contributed by atoms with Gasteiger partial charge in [0, 0.05) is 19.6 Å². The maximum atomic E-state index is 13.3. The molecule has 0 radical (unpaired) electrons. The smallest absolute Gasteiger partial charge is 0.227 e. The van der Waals surface area contributed by atoms with Crippen LogP contribution in [-0.2, 0) is 17.8 Å². The zero-order valence-electron chi connectivity index (χ0n) is 17.6. The van der Waals surface area contributed by atoms with E-state index in [9.17, 15) is 9.18 Å². The van der Waals surface area contributed by atoms with Gasteiger partial charge >= 0.3 is 0 Å². The van der Waals surface area contributed by atoms with Gasteiger partial charge < -0.3 is 14.5 Å². The van der Waals surface area contributed by atoms with E-state index >= 15 is 0 Å². The van der Waals surface area contributed by atoms with Crippen molar-refractivity contribution in [3.05, 3.63) is 65.5 Å². The van der Waals surface area contributed by atoms with Crippen LogP contribution in [0.4, 0.5) is 4.39 Å². The first-order valence-corrected chi connectivity index (χ1v) is 10.4. The first-order chi connectivity index (χ1) is 13.9. The van der Waals surface area contributed by atoms with Crippen molar-refractivity contribution in [2.75, 3.05) is 26.7 Å². The van der Waals surface area contributed by atoms with Crippen LogP contribution in [0.5, 0.6) is 5.75 Å². The van der Waals surface area contributed by atoms with Gasteiger partial charge in [-0.3, -0.25) is 4.79 Å². The molecule has 0 bridgehead atoms. The Labute approximate surface area is 173 Å². The van der Waals surface area contributed by atoms with E-state index in [-0.39, 0.29) is 17.8 Å². The van der Waals surface area contributed by atoms with Crippen molar-refractivity contribution < 1.29 is 13.9 Å². The lowest BCUT2D eigenvalue weighted by Crippen LogP contribution is -2.36. The summed E-state index contributed by atoms with van der Waals surface area (Å²) in [5.41, 5.74) is 1.92. The lowest BCUT2D eigenvalue weighted by Gasteiger charge is -2.26. The van der Waals surface area contributed by atoms with Crippen molar-refractivity contribution in [3.8, 4) is 5.75 Å². The molecule has 0 saturated carbocycles. The lowest BCUT2D eigenvalue weighted by molar-refractivity contribution is -0.131. The number of amides is 1. The normalized spacial score (nSPS) is 16.9. The predicted molar refractivity (Wildman–Crippen MR) is 113 cm³/mol. The molecule has 0 spiro atoms. The molecule has 2 aromatic carbocycles. The number of carbonyl (C=O) groups excluding carboxylic acids is 1. The van der Waals surface area contributed by atoms with Gasteiger partial charge in [0.25, 0.3) is 0 Å². The van der Waals surface area contributed by atoms with Gasteiger partial charge in [-0.2, -0.15) is 0 Å².